The number of hydrogen-bond acceptors (Lipinski definition) is 4. The summed E-state index contributed by atoms with van der Waals surface area (Å²) in [6.45, 7) is 3.17. The van der Waals surface area contributed by atoms with Gasteiger partial charge in [0.2, 0.25) is 0 Å². The van der Waals surface area contributed by atoms with Crippen LogP contribution in [0.2, 0.25) is 0 Å². The Morgan fingerprint density at radius 1 is 1.40 bits per heavy atom. The van der Waals surface area contributed by atoms with Crippen LogP contribution >= 0.6 is 0 Å². The Labute approximate surface area is 147 Å². The topological polar surface area (TPSA) is 45.7 Å². The summed E-state index contributed by atoms with van der Waals surface area (Å²) in [4.78, 5) is 20.4. The zero-order chi connectivity index (χ0) is 18.0. The van der Waals surface area contributed by atoms with Crippen LogP contribution in [0.3, 0.4) is 0 Å². The molecule has 1 aromatic rings. The lowest BCUT2D eigenvalue weighted by molar-refractivity contribution is 0.00284. The number of ether oxygens (including phenoxy) is 1. The van der Waals surface area contributed by atoms with E-state index in [2.05, 4.69) is 4.98 Å². The number of likely N-dealkylation sites (tertiary alicyclic amines) is 2. The van der Waals surface area contributed by atoms with Gasteiger partial charge in [0, 0.05) is 51.1 Å². The number of rotatable bonds is 4. The van der Waals surface area contributed by atoms with Gasteiger partial charge in [-0.3, -0.25) is 14.7 Å². The maximum Gasteiger partial charge on any atom is 0.262 e. The second-order valence-electron chi connectivity index (χ2n) is 7.06. The van der Waals surface area contributed by atoms with Gasteiger partial charge >= 0.3 is 0 Å². The largest absolute Gasteiger partial charge is 0.383 e. The Morgan fingerprint density at radius 3 is 2.76 bits per heavy atom. The third-order valence-corrected chi connectivity index (χ3v) is 5.27. The van der Waals surface area contributed by atoms with Crippen LogP contribution in [0.25, 0.3) is 0 Å². The van der Waals surface area contributed by atoms with E-state index >= 15 is 0 Å². The van der Waals surface area contributed by atoms with Gasteiger partial charge in [0.05, 0.1) is 18.7 Å². The predicted molar refractivity (Wildman–Crippen MR) is 89.8 cm³/mol. The smallest absolute Gasteiger partial charge is 0.262 e. The fraction of sp³-hybridized carbons (Fsp3) is 0.667. The summed E-state index contributed by atoms with van der Waals surface area (Å²) in [6, 6.07) is 1.65. The van der Waals surface area contributed by atoms with Crippen LogP contribution in [0.5, 0.6) is 0 Å². The standard InChI is InChI=1S/C18H25F2N3O2/c1-13-3-6-21-10-16(13)17(24)22-7-4-14(5-8-22)23-12-18(19,20)9-15(23)11-25-2/h3,6,10,14-15H,4-5,7-9,11-12H2,1-2H3/t15-/m0/s1. The van der Waals surface area contributed by atoms with Gasteiger partial charge in [-0.2, -0.15) is 0 Å². The minimum atomic E-state index is -2.65. The number of pyridine rings is 1. The van der Waals surface area contributed by atoms with Crippen LogP contribution in [0, 0.1) is 6.92 Å². The van der Waals surface area contributed by atoms with Gasteiger partial charge in [-0.1, -0.05) is 0 Å². The number of piperidine rings is 1. The van der Waals surface area contributed by atoms with Gasteiger partial charge in [0.1, 0.15) is 0 Å². The van der Waals surface area contributed by atoms with E-state index < -0.39 is 5.92 Å². The Bertz CT molecular complexity index is 618. The van der Waals surface area contributed by atoms with E-state index in [1.165, 1.54) is 0 Å². The number of carbonyl (C=O) groups excluding carboxylic acids is 1. The maximum atomic E-state index is 13.8. The average molecular weight is 353 g/mol. The molecule has 0 aromatic carbocycles. The fourth-order valence-electron chi connectivity index (χ4n) is 3.96. The molecule has 3 rings (SSSR count). The van der Waals surface area contributed by atoms with Crippen LogP contribution < -0.4 is 0 Å². The normalized spacial score (nSPS) is 24.6. The van der Waals surface area contributed by atoms with E-state index in [4.69, 9.17) is 4.74 Å². The number of alkyl halides is 2. The van der Waals surface area contributed by atoms with Crippen molar-refractivity contribution >= 4 is 5.91 Å². The molecule has 0 aliphatic carbocycles. The van der Waals surface area contributed by atoms with Crippen LogP contribution in [0.1, 0.15) is 35.2 Å². The first-order valence-corrected chi connectivity index (χ1v) is 8.73. The summed E-state index contributed by atoms with van der Waals surface area (Å²) in [5.74, 6) is -2.67. The number of methoxy groups -OCH3 is 1. The summed E-state index contributed by atoms with van der Waals surface area (Å²) in [7, 11) is 1.55. The van der Waals surface area contributed by atoms with Crippen molar-refractivity contribution in [3.63, 3.8) is 0 Å². The average Bonchev–Trinajstić information content (AvgIpc) is 2.90. The van der Waals surface area contributed by atoms with E-state index in [1.807, 2.05) is 17.9 Å². The summed E-state index contributed by atoms with van der Waals surface area (Å²) < 4.78 is 32.8. The fourth-order valence-corrected chi connectivity index (χ4v) is 3.96. The van der Waals surface area contributed by atoms with Crippen molar-refractivity contribution in [3.05, 3.63) is 29.6 Å². The quantitative estimate of drug-likeness (QED) is 0.834. The van der Waals surface area contributed by atoms with Crippen LogP contribution in [0.4, 0.5) is 8.78 Å². The first-order valence-electron chi connectivity index (χ1n) is 8.73. The van der Waals surface area contributed by atoms with Crippen molar-refractivity contribution in [3.8, 4) is 0 Å². The highest BCUT2D eigenvalue weighted by Crippen LogP contribution is 2.35. The van der Waals surface area contributed by atoms with Gasteiger partial charge in [-0.25, -0.2) is 8.78 Å². The number of aryl methyl sites for hydroxylation is 1. The maximum absolute atomic E-state index is 13.8. The molecule has 0 spiro atoms. The number of carbonyl (C=O) groups is 1. The highest BCUT2D eigenvalue weighted by molar-refractivity contribution is 5.95. The molecule has 1 atom stereocenters. The van der Waals surface area contributed by atoms with Crippen LogP contribution in [-0.4, -0.2) is 72.0 Å². The lowest BCUT2D eigenvalue weighted by atomic mass is 10.0. The molecule has 3 heterocycles. The summed E-state index contributed by atoms with van der Waals surface area (Å²) in [6.07, 6.45) is 4.54. The van der Waals surface area contributed by atoms with Crippen molar-refractivity contribution in [2.75, 3.05) is 33.4 Å². The zero-order valence-electron chi connectivity index (χ0n) is 14.8. The molecule has 0 N–H and O–H groups in total. The molecule has 2 saturated heterocycles. The Morgan fingerprint density at radius 2 is 2.12 bits per heavy atom. The number of nitrogens with zero attached hydrogens (tertiary/aromatic N) is 3. The van der Waals surface area contributed by atoms with Gasteiger partial charge < -0.3 is 9.64 Å². The molecule has 0 radical (unpaired) electrons. The Hall–Kier alpha value is -1.60. The molecular formula is C18H25F2N3O2. The van der Waals surface area contributed by atoms with E-state index in [0.29, 0.717) is 38.1 Å². The van der Waals surface area contributed by atoms with E-state index in [9.17, 15) is 13.6 Å². The molecule has 2 aliphatic heterocycles. The summed E-state index contributed by atoms with van der Waals surface area (Å²) in [5, 5.41) is 0. The first kappa shape index (κ1) is 18.2. The third-order valence-electron chi connectivity index (χ3n) is 5.27. The molecule has 5 nitrogen and oxygen atoms in total. The predicted octanol–water partition coefficient (Wildman–Crippen LogP) is 2.35. The van der Waals surface area contributed by atoms with Gasteiger partial charge in [0.25, 0.3) is 11.8 Å². The molecule has 0 unspecified atom stereocenters. The SMILES string of the molecule is COC[C@@H]1CC(F)(F)CN1C1CCN(C(=O)c2cnccc2C)CC1. The van der Waals surface area contributed by atoms with Crippen molar-refractivity contribution in [2.24, 2.45) is 0 Å². The van der Waals surface area contributed by atoms with Crippen molar-refractivity contribution < 1.29 is 18.3 Å². The van der Waals surface area contributed by atoms with E-state index in [0.717, 1.165) is 5.56 Å². The third kappa shape index (κ3) is 3.98. The number of aromatic nitrogens is 1. The highest BCUT2D eigenvalue weighted by atomic mass is 19.3. The van der Waals surface area contributed by atoms with Crippen molar-refractivity contribution in [1.29, 1.82) is 0 Å². The van der Waals surface area contributed by atoms with Crippen molar-refractivity contribution in [2.45, 2.75) is 44.2 Å². The van der Waals surface area contributed by atoms with E-state index in [-0.39, 0.29) is 31.0 Å². The minimum Gasteiger partial charge on any atom is -0.383 e. The molecule has 0 saturated carbocycles. The Kier molecular flexibility index (Phi) is 5.34. The molecule has 1 aromatic heterocycles. The molecule has 1 amide bonds. The monoisotopic (exact) mass is 353 g/mol. The van der Waals surface area contributed by atoms with Gasteiger partial charge in [-0.15, -0.1) is 0 Å². The molecule has 138 valence electrons. The molecular weight excluding hydrogens is 328 g/mol. The van der Waals surface area contributed by atoms with Gasteiger partial charge in [-0.05, 0) is 31.4 Å². The van der Waals surface area contributed by atoms with Crippen molar-refractivity contribution in [1.82, 2.24) is 14.8 Å². The van der Waals surface area contributed by atoms with Crippen LogP contribution in [-0.2, 0) is 4.74 Å². The summed E-state index contributed by atoms with van der Waals surface area (Å²) >= 11 is 0. The lowest BCUT2D eigenvalue weighted by Gasteiger charge is -2.39. The zero-order valence-corrected chi connectivity index (χ0v) is 14.8. The minimum absolute atomic E-state index is 0.0238. The Balaban J connectivity index is 1.62. The second-order valence-corrected chi connectivity index (χ2v) is 7.06. The number of halogens is 2. The number of hydrogen-bond donors (Lipinski definition) is 0. The second kappa shape index (κ2) is 7.33. The molecule has 2 aliphatic rings. The highest BCUT2D eigenvalue weighted by Gasteiger charge is 2.47. The van der Waals surface area contributed by atoms with E-state index in [1.54, 1.807) is 24.4 Å². The molecule has 25 heavy (non-hydrogen) atoms. The number of amides is 1. The molecule has 2 fully saturated rings. The lowest BCUT2D eigenvalue weighted by Crippen LogP contribution is -2.49. The summed E-state index contributed by atoms with van der Waals surface area (Å²) in [5.41, 5.74) is 1.52. The molecule has 0 bridgehead atoms. The first-order chi connectivity index (χ1) is 11.9. The van der Waals surface area contributed by atoms with Crippen LogP contribution in [0.15, 0.2) is 18.5 Å². The van der Waals surface area contributed by atoms with Gasteiger partial charge in [0.15, 0.2) is 0 Å². The molecule has 7 heteroatoms.